The molecule has 0 aliphatic carbocycles. The molecule has 1 aromatic carbocycles. The topological polar surface area (TPSA) is 54.3 Å². The second kappa shape index (κ2) is 6.48. The van der Waals surface area contributed by atoms with Crippen molar-refractivity contribution < 1.29 is 0 Å². The van der Waals surface area contributed by atoms with E-state index in [0.29, 0.717) is 17.8 Å². The van der Waals surface area contributed by atoms with Gasteiger partial charge < -0.3 is 9.80 Å². The van der Waals surface area contributed by atoms with E-state index in [4.69, 9.17) is 4.98 Å². The van der Waals surface area contributed by atoms with Gasteiger partial charge in [-0.25, -0.2) is 4.98 Å². The van der Waals surface area contributed by atoms with Crippen molar-refractivity contribution in [2.75, 3.05) is 22.9 Å². The third-order valence-electron chi connectivity index (χ3n) is 5.95. The summed E-state index contributed by atoms with van der Waals surface area (Å²) in [5.74, 6) is 0.760. The molecule has 28 heavy (non-hydrogen) atoms. The lowest BCUT2D eigenvalue weighted by molar-refractivity contribution is 0.615. The van der Waals surface area contributed by atoms with Gasteiger partial charge >= 0.3 is 0 Å². The molecule has 6 nitrogen and oxygen atoms in total. The third-order valence-corrected chi connectivity index (χ3v) is 5.95. The van der Waals surface area contributed by atoms with Crippen molar-refractivity contribution >= 4 is 11.6 Å². The smallest absolute Gasteiger partial charge is 0.255 e. The molecule has 0 N–H and O–H groups in total. The van der Waals surface area contributed by atoms with E-state index in [9.17, 15) is 4.79 Å². The molecule has 0 radical (unpaired) electrons. The summed E-state index contributed by atoms with van der Waals surface area (Å²) >= 11 is 0. The van der Waals surface area contributed by atoms with Crippen LogP contribution in [0.1, 0.15) is 12.0 Å². The second-order valence-electron chi connectivity index (χ2n) is 7.76. The van der Waals surface area contributed by atoms with Gasteiger partial charge in [0.2, 0.25) is 5.95 Å². The molecule has 0 saturated carbocycles. The van der Waals surface area contributed by atoms with Gasteiger partial charge in [0.25, 0.3) is 5.56 Å². The summed E-state index contributed by atoms with van der Waals surface area (Å²) in [5.41, 5.74) is 4.15. The Morgan fingerprint density at radius 3 is 2.32 bits per heavy atom. The molecule has 2 aliphatic rings. The Bertz CT molecular complexity index is 1060. The fourth-order valence-electron chi connectivity index (χ4n) is 4.42. The Morgan fingerprint density at radius 2 is 1.64 bits per heavy atom. The van der Waals surface area contributed by atoms with Gasteiger partial charge in [-0.1, -0.05) is 17.7 Å². The highest BCUT2D eigenvalue weighted by Gasteiger charge is 2.44. The average molecular weight is 373 g/mol. The number of aryl methyl sites for hydroxylation is 1. The van der Waals surface area contributed by atoms with Crippen LogP contribution in [-0.4, -0.2) is 39.7 Å². The molecule has 1 unspecified atom stereocenters. The maximum atomic E-state index is 12.6. The molecule has 0 amide bonds. The summed E-state index contributed by atoms with van der Waals surface area (Å²) in [4.78, 5) is 26.3. The SMILES string of the molecule is Cc1ccc(N2C[C@@H]3CC2CN3c2nc(-c3ccncc3)cc(=O)n2C)cc1. The van der Waals surface area contributed by atoms with Crippen molar-refractivity contribution in [2.24, 2.45) is 7.05 Å². The number of fused-ring (bicyclic) bond motifs is 2. The molecule has 5 rings (SSSR count). The highest BCUT2D eigenvalue weighted by Crippen LogP contribution is 2.36. The Kier molecular flexibility index (Phi) is 3.93. The molecule has 2 aromatic heterocycles. The number of benzene rings is 1. The molecule has 3 aromatic rings. The van der Waals surface area contributed by atoms with Crippen molar-refractivity contribution in [3.8, 4) is 11.3 Å². The zero-order valence-corrected chi connectivity index (χ0v) is 16.1. The van der Waals surface area contributed by atoms with Crippen LogP contribution in [0.15, 0.2) is 59.7 Å². The van der Waals surface area contributed by atoms with Crippen molar-refractivity contribution in [3.63, 3.8) is 0 Å². The van der Waals surface area contributed by atoms with Crippen molar-refractivity contribution in [2.45, 2.75) is 25.4 Å². The number of anilines is 2. The summed E-state index contributed by atoms with van der Waals surface area (Å²) in [7, 11) is 1.81. The predicted molar refractivity (Wildman–Crippen MR) is 111 cm³/mol. The van der Waals surface area contributed by atoms with E-state index in [1.54, 1.807) is 23.0 Å². The first-order chi connectivity index (χ1) is 13.6. The number of nitrogens with zero attached hydrogens (tertiary/aromatic N) is 5. The fourth-order valence-corrected chi connectivity index (χ4v) is 4.42. The molecule has 2 aliphatic heterocycles. The number of rotatable bonds is 3. The minimum atomic E-state index is -0.0324. The van der Waals surface area contributed by atoms with Crippen LogP contribution in [-0.2, 0) is 7.05 Å². The summed E-state index contributed by atoms with van der Waals surface area (Å²) in [5, 5.41) is 0. The van der Waals surface area contributed by atoms with Gasteiger partial charge in [0.05, 0.1) is 11.7 Å². The molecular weight excluding hydrogens is 350 g/mol. The Labute approximate surface area is 164 Å². The number of hydrogen-bond acceptors (Lipinski definition) is 5. The zero-order valence-electron chi connectivity index (χ0n) is 16.1. The Hall–Kier alpha value is -3.15. The average Bonchev–Trinajstić information content (AvgIpc) is 3.32. The van der Waals surface area contributed by atoms with Crippen molar-refractivity contribution in [3.05, 3.63) is 70.8 Å². The standard InChI is InChI=1S/C22H23N5O/c1-15-3-5-17(6-4-15)26-13-19-11-18(26)14-27(19)22-24-20(12-21(28)25(22)2)16-7-9-23-10-8-16/h3-10,12,18-19H,11,13-14H2,1-2H3/t18?,19-/m0/s1. The number of hydrogen-bond donors (Lipinski definition) is 0. The van der Waals surface area contributed by atoms with Crippen molar-refractivity contribution in [1.82, 2.24) is 14.5 Å². The third kappa shape index (κ3) is 2.76. The number of piperazine rings is 1. The highest BCUT2D eigenvalue weighted by atomic mass is 16.1. The van der Waals surface area contributed by atoms with E-state index in [-0.39, 0.29) is 5.56 Å². The van der Waals surface area contributed by atoms with E-state index < -0.39 is 0 Å². The van der Waals surface area contributed by atoms with Crippen LogP contribution in [0.5, 0.6) is 0 Å². The lowest BCUT2D eigenvalue weighted by atomic mass is 10.2. The van der Waals surface area contributed by atoms with Crippen LogP contribution in [0, 0.1) is 6.92 Å². The first-order valence-corrected chi connectivity index (χ1v) is 9.68. The van der Waals surface area contributed by atoms with Gasteiger partial charge in [-0.3, -0.25) is 14.3 Å². The van der Waals surface area contributed by atoms with E-state index >= 15 is 0 Å². The molecule has 2 bridgehead atoms. The summed E-state index contributed by atoms with van der Waals surface area (Å²) in [6, 6.07) is 15.0. The normalized spacial score (nSPS) is 20.8. The van der Waals surface area contributed by atoms with Crippen LogP contribution >= 0.6 is 0 Å². The molecule has 0 spiro atoms. The van der Waals surface area contributed by atoms with E-state index in [1.807, 2.05) is 19.2 Å². The maximum Gasteiger partial charge on any atom is 0.255 e. The fraction of sp³-hybridized carbons (Fsp3) is 0.318. The molecule has 142 valence electrons. The largest absolute Gasteiger partial charge is 0.365 e. The molecule has 4 heterocycles. The van der Waals surface area contributed by atoms with Crippen LogP contribution in [0.25, 0.3) is 11.3 Å². The molecular formula is C22H23N5O. The van der Waals surface area contributed by atoms with Crippen LogP contribution in [0.4, 0.5) is 11.6 Å². The van der Waals surface area contributed by atoms with Crippen LogP contribution in [0.2, 0.25) is 0 Å². The van der Waals surface area contributed by atoms with E-state index in [0.717, 1.165) is 31.0 Å². The molecule has 2 saturated heterocycles. The Balaban J connectivity index is 1.45. The monoisotopic (exact) mass is 373 g/mol. The Morgan fingerprint density at radius 1 is 0.964 bits per heavy atom. The van der Waals surface area contributed by atoms with Gasteiger partial charge in [0.15, 0.2) is 0 Å². The summed E-state index contributed by atoms with van der Waals surface area (Å²) in [6.07, 6.45) is 4.56. The minimum Gasteiger partial charge on any atom is -0.365 e. The lowest BCUT2D eigenvalue weighted by Crippen LogP contribution is -2.48. The number of aromatic nitrogens is 3. The van der Waals surface area contributed by atoms with Crippen LogP contribution < -0.4 is 15.4 Å². The molecule has 6 heteroatoms. The van der Waals surface area contributed by atoms with Crippen molar-refractivity contribution in [1.29, 1.82) is 0 Å². The second-order valence-corrected chi connectivity index (χ2v) is 7.76. The molecule has 2 fully saturated rings. The lowest BCUT2D eigenvalue weighted by Gasteiger charge is -2.36. The predicted octanol–water partition coefficient (Wildman–Crippen LogP) is 2.62. The summed E-state index contributed by atoms with van der Waals surface area (Å²) < 4.78 is 1.67. The maximum absolute atomic E-state index is 12.6. The first kappa shape index (κ1) is 17.0. The van der Waals surface area contributed by atoms with Gasteiger partial charge in [-0.05, 0) is 37.6 Å². The number of pyridine rings is 1. The minimum absolute atomic E-state index is 0.0324. The van der Waals surface area contributed by atoms with E-state index in [2.05, 4.69) is 46.0 Å². The van der Waals surface area contributed by atoms with Gasteiger partial charge in [-0.2, -0.15) is 0 Å². The van der Waals surface area contributed by atoms with Gasteiger partial charge in [-0.15, -0.1) is 0 Å². The molecule has 2 atom stereocenters. The summed E-state index contributed by atoms with van der Waals surface area (Å²) in [6.45, 7) is 3.96. The zero-order chi connectivity index (χ0) is 19.3. The van der Waals surface area contributed by atoms with Gasteiger partial charge in [0.1, 0.15) is 0 Å². The highest BCUT2D eigenvalue weighted by molar-refractivity contribution is 5.61. The van der Waals surface area contributed by atoms with E-state index in [1.165, 1.54) is 11.3 Å². The quantitative estimate of drug-likeness (QED) is 0.706. The van der Waals surface area contributed by atoms with Crippen LogP contribution in [0.3, 0.4) is 0 Å². The first-order valence-electron chi connectivity index (χ1n) is 9.68. The van der Waals surface area contributed by atoms with Gasteiger partial charge in [0, 0.05) is 55.9 Å².